The molecule has 1 aliphatic heterocycles. The Morgan fingerprint density at radius 3 is 1.93 bits per heavy atom. The van der Waals surface area contributed by atoms with Crippen LogP contribution >= 0.6 is 44.3 Å². The van der Waals surface area contributed by atoms with E-state index in [9.17, 15) is 9.90 Å². The van der Waals surface area contributed by atoms with Crippen molar-refractivity contribution in [3.8, 4) is 0 Å². The van der Waals surface area contributed by atoms with Crippen molar-refractivity contribution >= 4 is 50.2 Å². The Hall–Kier alpha value is -0.960. The fourth-order valence-corrected chi connectivity index (χ4v) is 3.51. The van der Waals surface area contributed by atoms with Crippen molar-refractivity contribution in [3.05, 3.63) is 68.6 Å². The summed E-state index contributed by atoms with van der Waals surface area (Å²) in [5.41, 5.74) is -0.944. The topological polar surface area (TPSA) is 59.0 Å². The Balaban J connectivity index is 0.00000280. The second-order valence-corrected chi connectivity index (χ2v) is 8.15. The number of halogens is 3. The maximum Gasteiger partial charge on any atom is 0.347 e. The Labute approximate surface area is 187 Å². The molecular formula is C20H22Br2ClNO4. The first-order valence-corrected chi connectivity index (χ1v) is 10.3. The monoisotopic (exact) mass is 533 g/mol. The highest BCUT2D eigenvalue weighted by molar-refractivity contribution is 9.10. The Morgan fingerprint density at radius 1 is 1.00 bits per heavy atom. The number of hydrogen-bond donors (Lipinski definition) is 1. The molecule has 1 N–H and O–H groups in total. The summed E-state index contributed by atoms with van der Waals surface area (Å²) in [5, 5.41) is 11.4. The molecule has 0 spiro atoms. The molecule has 2 aromatic carbocycles. The highest BCUT2D eigenvalue weighted by atomic mass is 79.9. The van der Waals surface area contributed by atoms with Gasteiger partial charge in [-0.3, -0.25) is 4.90 Å². The molecule has 1 heterocycles. The van der Waals surface area contributed by atoms with Crippen molar-refractivity contribution in [3.63, 3.8) is 0 Å². The third-order valence-electron chi connectivity index (χ3n) is 4.56. The maximum absolute atomic E-state index is 12.9. The van der Waals surface area contributed by atoms with Gasteiger partial charge < -0.3 is 14.6 Å². The van der Waals surface area contributed by atoms with Crippen LogP contribution in [-0.4, -0.2) is 55.4 Å². The lowest BCUT2D eigenvalue weighted by atomic mass is 9.86. The summed E-state index contributed by atoms with van der Waals surface area (Å²) in [7, 11) is 0. The first kappa shape index (κ1) is 23.3. The standard InChI is InChI=1S/C20H21Br2NO4.ClH/c21-17-5-1-15(2-6-17)20(25,16-3-7-18(22)8-4-16)19(24)27-14-11-23-9-12-26-13-10-23;/h1-8,25H,9-14H2;1H. The summed E-state index contributed by atoms with van der Waals surface area (Å²) >= 11 is 6.76. The molecule has 0 aliphatic carbocycles. The molecule has 0 saturated carbocycles. The summed E-state index contributed by atoms with van der Waals surface area (Å²) in [4.78, 5) is 15.1. The van der Waals surface area contributed by atoms with E-state index < -0.39 is 11.6 Å². The molecule has 0 unspecified atom stereocenters. The average molecular weight is 536 g/mol. The number of benzene rings is 2. The quantitative estimate of drug-likeness (QED) is 0.572. The lowest BCUT2D eigenvalue weighted by molar-refractivity contribution is -0.162. The summed E-state index contributed by atoms with van der Waals surface area (Å²) < 4.78 is 12.5. The van der Waals surface area contributed by atoms with E-state index in [0.29, 0.717) is 30.9 Å². The van der Waals surface area contributed by atoms with Gasteiger partial charge in [-0.05, 0) is 35.4 Å². The Bertz CT molecular complexity index is 719. The first-order valence-electron chi connectivity index (χ1n) is 8.72. The molecule has 8 heteroatoms. The number of hydrogen-bond acceptors (Lipinski definition) is 5. The van der Waals surface area contributed by atoms with Gasteiger partial charge in [-0.25, -0.2) is 4.79 Å². The lowest BCUT2D eigenvalue weighted by Crippen LogP contribution is -2.42. The molecule has 0 amide bonds. The molecule has 0 bridgehead atoms. The summed E-state index contributed by atoms with van der Waals surface area (Å²) in [6.07, 6.45) is 0. The van der Waals surface area contributed by atoms with Crippen molar-refractivity contribution in [1.29, 1.82) is 0 Å². The molecule has 2 aromatic rings. The number of rotatable bonds is 6. The number of carbonyl (C=O) groups excluding carboxylic acids is 1. The normalized spacial score (nSPS) is 15.0. The summed E-state index contributed by atoms with van der Waals surface area (Å²) in [6.45, 7) is 3.86. The van der Waals surface area contributed by atoms with Gasteiger partial charge in [-0.15, -0.1) is 12.4 Å². The second-order valence-electron chi connectivity index (χ2n) is 6.31. The number of ether oxygens (including phenoxy) is 2. The maximum atomic E-state index is 12.9. The number of esters is 1. The van der Waals surface area contributed by atoms with E-state index in [-0.39, 0.29) is 19.0 Å². The highest BCUT2D eigenvalue weighted by Crippen LogP contribution is 2.32. The van der Waals surface area contributed by atoms with Crippen LogP contribution in [0.5, 0.6) is 0 Å². The molecule has 0 radical (unpaired) electrons. The summed E-state index contributed by atoms with van der Waals surface area (Å²) in [6, 6.07) is 14.0. The van der Waals surface area contributed by atoms with Gasteiger partial charge in [0.05, 0.1) is 13.2 Å². The van der Waals surface area contributed by atoms with Gasteiger partial charge in [0.2, 0.25) is 5.60 Å². The van der Waals surface area contributed by atoms with Crippen LogP contribution in [0.1, 0.15) is 11.1 Å². The average Bonchev–Trinajstić information content (AvgIpc) is 2.69. The molecule has 3 rings (SSSR count). The van der Waals surface area contributed by atoms with Gasteiger partial charge in [-0.1, -0.05) is 56.1 Å². The SMILES string of the molecule is Cl.O=C(OCCN1CCOCC1)C(O)(c1ccc(Br)cc1)c1ccc(Br)cc1. The predicted molar refractivity (Wildman–Crippen MR) is 117 cm³/mol. The Morgan fingerprint density at radius 2 is 1.46 bits per heavy atom. The zero-order chi connectivity index (χ0) is 19.3. The van der Waals surface area contributed by atoms with E-state index in [0.717, 1.165) is 22.0 Å². The number of nitrogens with zero attached hydrogens (tertiary/aromatic N) is 1. The van der Waals surface area contributed by atoms with Gasteiger partial charge >= 0.3 is 5.97 Å². The zero-order valence-corrected chi connectivity index (χ0v) is 19.1. The minimum atomic E-state index is -1.87. The zero-order valence-electron chi connectivity index (χ0n) is 15.1. The molecular weight excluding hydrogens is 513 g/mol. The van der Waals surface area contributed by atoms with Crippen LogP contribution in [-0.2, 0) is 19.9 Å². The predicted octanol–water partition coefficient (Wildman–Crippen LogP) is 3.74. The van der Waals surface area contributed by atoms with Crippen molar-refractivity contribution in [2.24, 2.45) is 0 Å². The molecule has 1 saturated heterocycles. The summed E-state index contributed by atoms with van der Waals surface area (Å²) in [5.74, 6) is -0.680. The van der Waals surface area contributed by atoms with Gasteiger partial charge in [0.15, 0.2) is 0 Å². The van der Waals surface area contributed by atoms with E-state index in [2.05, 4.69) is 36.8 Å². The number of aliphatic hydroxyl groups is 1. The van der Waals surface area contributed by atoms with Gasteiger partial charge in [0, 0.05) is 28.6 Å². The molecule has 0 aromatic heterocycles. The lowest BCUT2D eigenvalue weighted by Gasteiger charge is -2.29. The largest absolute Gasteiger partial charge is 0.462 e. The minimum absolute atomic E-state index is 0. The van der Waals surface area contributed by atoms with E-state index in [1.54, 1.807) is 48.5 Å². The van der Waals surface area contributed by atoms with Crippen LogP contribution in [0.25, 0.3) is 0 Å². The fraction of sp³-hybridized carbons (Fsp3) is 0.350. The van der Waals surface area contributed by atoms with E-state index in [1.807, 2.05) is 0 Å². The van der Waals surface area contributed by atoms with Crippen molar-refractivity contribution < 1.29 is 19.4 Å². The molecule has 1 fully saturated rings. The van der Waals surface area contributed by atoms with Crippen LogP contribution in [0.2, 0.25) is 0 Å². The van der Waals surface area contributed by atoms with Crippen LogP contribution < -0.4 is 0 Å². The number of morpholine rings is 1. The Kier molecular flexibility index (Phi) is 8.92. The number of carbonyl (C=O) groups is 1. The molecule has 0 atom stereocenters. The molecule has 1 aliphatic rings. The van der Waals surface area contributed by atoms with Crippen molar-refractivity contribution in [2.75, 3.05) is 39.5 Å². The third kappa shape index (κ3) is 5.55. The van der Waals surface area contributed by atoms with Crippen LogP contribution in [0, 0.1) is 0 Å². The van der Waals surface area contributed by atoms with Gasteiger partial charge in [-0.2, -0.15) is 0 Å². The second kappa shape index (κ2) is 10.7. The van der Waals surface area contributed by atoms with Crippen LogP contribution in [0.4, 0.5) is 0 Å². The van der Waals surface area contributed by atoms with Crippen LogP contribution in [0.15, 0.2) is 57.5 Å². The van der Waals surface area contributed by atoms with E-state index in [1.165, 1.54) is 0 Å². The third-order valence-corrected chi connectivity index (χ3v) is 5.62. The highest BCUT2D eigenvalue weighted by Gasteiger charge is 2.41. The first-order chi connectivity index (χ1) is 13.0. The van der Waals surface area contributed by atoms with E-state index in [4.69, 9.17) is 9.47 Å². The molecule has 5 nitrogen and oxygen atoms in total. The fourth-order valence-electron chi connectivity index (χ4n) is 2.98. The van der Waals surface area contributed by atoms with Crippen molar-refractivity contribution in [1.82, 2.24) is 4.90 Å². The van der Waals surface area contributed by atoms with E-state index >= 15 is 0 Å². The van der Waals surface area contributed by atoms with Gasteiger partial charge in [0.25, 0.3) is 0 Å². The van der Waals surface area contributed by atoms with Crippen LogP contribution in [0.3, 0.4) is 0 Å². The van der Waals surface area contributed by atoms with Gasteiger partial charge in [0.1, 0.15) is 6.61 Å². The smallest absolute Gasteiger partial charge is 0.347 e. The molecule has 28 heavy (non-hydrogen) atoms. The van der Waals surface area contributed by atoms with Crippen molar-refractivity contribution in [2.45, 2.75) is 5.60 Å². The molecule has 152 valence electrons. The minimum Gasteiger partial charge on any atom is -0.462 e.